The van der Waals surface area contributed by atoms with E-state index >= 15 is 0 Å². The summed E-state index contributed by atoms with van der Waals surface area (Å²) in [7, 11) is -2.03. The number of non-ortho nitro benzene ring substituents is 1. The van der Waals surface area contributed by atoms with Gasteiger partial charge in [0, 0.05) is 35.5 Å². The summed E-state index contributed by atoms with van der Waals surface area (Å²) in [6.45, 7) is 10.8. The lowest BCUT2D eigenvalue weighted by Crippen LogP contribution is -2.49. The highest BCUT2D eigenvalue weighted by molar-refractivity contribution is 7.93. The molecule has 3 N–H and O–H groups in total. The van der Waals surface area contributed by atoms with Crippen LogP contribution in [0.5, 0.6) is 5.75 Å². The molecule has 1 aromatic rings. The van der Waals surface area contributed by atoms with Gasteiger partial charge >= 0.3 is 6.09 Å². The Morgan fingerprint density at radius 1 is 1.25 bits per heavy atom. The highest BCUT2D eigenvalue weighted by Crippen LogP contribution is 2.21. The highest BCUT2D eigenvalue weighted by atomic mass is 32.2. The van der Waals surface area contributed by atoms with Gasteiger partial charge in [0.05, 0.1) is 9.83 Å². The second kappa shape index (κ2) is 11.6. The first-order valence-electron chi connectivity index (χ1n) is 9.93. The predicted octanol–water partition coefficient (Wildman–Crippen LogP) is 2.83. The van der Waals surface area contributed by atoms with E-state index in [2.05, 4.69) is 34.6 Å². The molecule has 10 nitrogen and oxygen atoms in total. The van der Waals surface area contributed by atoms with Crippen LogP contribution in [-0.2, 0) is 10.0 Å². The number of hydrogen-bond donors (Lipinski definition) is 4. The minimum atomic E-state index is -3.73. The molecule has 0 spiro atoms. The van der Waals surface area contributed by atoms with Gasteiger partial charge in [-0.05, 0) is 52.3 Å². The Kier molecular flexibility index (Phi) is 10.1. The SMILES string of the molecule is C=C(C[C@@H](NC)[C@H](C)C(CS)NC(=O)Oc1ccc([N+](=O)[O-])cc1)S(=O)(=O)NC(C)(C)C. The third-order valence-electron chi connectivity index (χ3n) is 4.67. The van der Waals surface area contributed by atoms with E-state index in [0.29, 0.717) is 0 Å². The van der Waals surface area contributed by atoms with Crippen LogP contribution in [0.3, 0.4) is 0 Å². The molecule has 0 aliphatic rings. The average Bonchev–Trinajstić information content (AvgIpc) is 2.68. The monoisotopic (exact) mass is 488 g/mol. The van der Waals surface area contributed by atoms with Crippen molar-refractivity contribution in [2.24, 2.45) is 5.92 Å². The zero-order valence-corrected chi connectivity index (χ0v) is 20.6. The summed E-state index contributed by atoms with van der Waals surface area (Å²) in [6.07, 6.45) is -0.618. The normalized spacial score (nSPS) is 14.8. The van der Waals surface area contributed by atoms with E-state index in [-0.39, 0.29) is 40.5 Å². The van der Waals surface area contributed by atoms with E-state index in [1.165, 1.54) is 24.3 Å². The number of thiol groups is 1. The average molecular weight is 489 g/mol. The highest BCUT2D eigenvalue weighted by Gasteiger charge is 2.30. The van der Waals surface area contributed by atoms with E-state index in [0.717, 1.165) is 0 Å². The second-order valence-corrected chi connectivity index (χ2v) is 10.6. The second-order valence-electron chi connectivity index (χ2n) is 8.43. The first-order valence-corrected chi connectivity index (χ1v) is 12.0. The van der Waals surface area contributed by atoms with E-state index in [1.807, 2.05) is 6.92 Å². The first kappa shape index (κ1) is 27.9. The maximum absolute atomic E-state index is 12.5. The Balaban J connectivity index is 2.80. The van der Waals surface area contributed by atoms with Gasteiger partial charge in [-0.3, -0.25) is 10.1 Å². The maximum atomic E-state index is 12.5. The van der Waals surface area contributed by atoms with Crippen LogP contribution in [0.1, 0.15) is 34.1 Å². The molecule has 0 aliphatic carbocycles. The Morgan fingerprint density at radius 3 is 2.25 bits per heavy atom. The predicted molar refractivity (Wildman–Crippen MR) is 127 cm³/mol. The van der Waals surface area contributed by atoms with Crippen LogP contribution in [0.15, 0.2) is 35.7 Å². The molecule has 1 rings (SSSR count). The molecule has 0 bridgehead atoms. The summed E-state index contributed by atoms with van der Waals surface area (Å²) < 4.78 is 32.8. The van der Waals surface area contributed by atoms with Crippen molar-refractivity contribution in [2.75, 3.05) is 12.8 Å². The molecular weight excluding hydrogens is 456 g/mol. The van der Waals surface area contributed by atoms with Gasteiger partial charge in [0.2, 0.25) is 10.0 Å². The molecule has 0 saturated heterocycles. The van der Waals surface area contributed by atoms with Gasteiger partial charge in [0.1, 0.15) is 5.75 Å². The molecular formula is C20H32N4O6S2. The molecule has 0 heterocycles. The fourth-order valence-corrected chi connectivity index (χ4v) is 4.70. The molecule has 3 atom stereocenters. The molecule has 32 heavy (non-hydrogen) atoms. The van der Waals surface area contributed by atoms with Gasteiger partial charge in [0.15, 0.2) is 0 Å². The number of rotatable bonds is 11. The molecule has 180 valence electrons. The van der Waals surface area contributed by atoms with Gasteiger partial charge in [0.25, 0.3) is 5.69 Å². The van der Waals surface area contributed by atoms with Crippen LogP contribution >= 0.6 is 12.6 Å². The number of amides is 1. The fraction of sp³-hybridized carbons (Fsp3) is 0.550. The van der Waals surface area contributed by atoms with Crippen LogP contribution in [0.2, 0.25) is 0 Å². The van der Waals surface area contributed by atoms with Crippen molar-refractivity contribution in [1.29, 1.82) is 0 Å². The van der Waals surface area contributed by atoms with Crippen molar-refractivity contribution in [3.05, 3.63) is 45.9 Å². The van der Waals surface area contributed by atoms with Gasteiger partial charge in [-0.2, -0.15) is 12.6 Å². The molecule has 0 saturated carbocycles. The largest absolute Gasteiger partial charge is 0.412 e. The van der Waals surface area contributed by atoms with Crippen molar-refractivity contribution in [3.8, 4) is 5.75 Å². The number of benzene rings is 1. The van der Waals surface area contributed by atoms with E-state index in [4.69, 9.17) is 4.74 Å². The standard InChI is InChI=1S/C20H32N4O6S2/c1-13(32(28,29)23-20(3,4)5)11-17(21-6)14(2)18(12-31)22-19(25)30-16-9-7-15(8-10-16)24(26)27/h7-10,14,17-18,21,23,31H,1,11-12H2,2-6H3,(H,22,25)/t14-,17+,18?/m0/s1. The summed E-state index contributed by atoms with van der Waals surface area (Å²) in [5.41, 5.74) is -0.757. The van der Waals surface area contributed by atoms with Gasteiger partial charge in [-0.15, -0.1) is 0 Å². The summed E-state index contributed by atoms with van der Waals surface area (Å²) >= 11 is 4.30. The van der Waals surface area contributed by atoms with E-state index in [9.17, 15) is 23.3 Å². The number of carbonyl (C=O) groups is 1. The Morgan fingerprint density at radius 2 is 1.81 bits per heavy atom. The van der Waals surface area contributed by atoms with Gasteiger partial charge in [-0.25, -0.2) is 17.9 Å². The van der Waals surface area contributed by atoms with Crippen molar-refractivity contribution in [1.82, 2.24) is 15.4 Å². The molecule has 0 aliphatic heterocycles. The number of nitrogens with zero attached hydrogens (tertiary/aromatic N) is 1. The molecule has 0 fully saturated rings. The van der Waals surface area contributed by atoms with Crippen molar-refractivity contribution in [2.45, 2.75) is 51.7 Å². The van der Waals surface area contributed by atoms with Crippen LogP contribution in [0.4, 0.5) is 10.5 Å². The number of nitro groups is 1. The molecule has 1 aromatic carbocycles. The lowest BCUT2D eigenvalue weighted by atomic mass is 9.92. The lowest BCUT2D eigenvalue weighted by Gasteiger charge is -2.31. The third kappa shape index (κ3) is 8.77. The summed E-state index contributed by atoms with van der Waals surface area (Å²) in [5.74, 6) is 0.189. The van der Waals surface area contributed by atoms with Gasteiger partial charge in [-0.1, -0.05) is 13.5 Å². The maximum Gasteiger partial charge on any atom is 0.412 e. The van der Waals surface area contributed by atoms with Crippen LogP contribution < -0.4 is 20.1 Å². The minimum Gasteiger partial charge on any atom is -0.410 e. The Labute approximate surface area is 194 Å². The fourth-order valence-electron chi connectivity index (χ4n) is 2.93. The molecule has 0 radical (unpaired) electrons. The van der Waals surface area contributed by atoms with Gasteiger partial charge < -0.3 is 15.4 Å². The van der Waals surface area contributed by atoms with Crippen LogP contribution in [0.25, 0.3) is 0 Å². The Bertz CT molecular complexity index is 913. The molecule has 1 unspecified atom stereocenters. The molecule has 1 amide bonds. The topological polar surface area (TPSA) is 140 Å². The quantitative estimate of drug-likeness (QED) is 0.213. The zero-order valence-electron chi connectivity index (χ0n) is 18.9. The van der Waals surface area contributed by atoms with Crippen molar-refractivity contribution < 1.29 is 22.9 Å². The van der Waals surface area contributed by atoms with Crippen molar-refractivity contribution >= 4 is 34.4 Å². The lowest BCUT2D eigenvalue weighted by molar-refractivity contribution is -0.384. The summed E-state index contributed by atoms with van der Waals surface area (Å²) in [4.78, 5) is 22.5. The number of nitro benzene ring substituents is 1. The smallest absolute Gasteiger partial charge is 0.410 e. The van der Waals surface area contributed by atoms with Crippen LogP contribution in [0, 0.1) is 16.0 Å². The number of hydrogen-bond acceptors (Lipinski definition) is 8. The van der Waals surface area contributed by atoms with E-state index < -0.39 is 32.6 Å². The molecule has 0 aromatic heterocycles. The first-order chi connectivity index (χ1) is 14.7. The minimum absolute atomic E-state index is 0.0324. The van der Waals surface area contributed by atoms with Crippen LogP contribution in [-0.4, -0.2) is 49.9 Å². The zero-order chi connectivity index (χ0) is 24.7. The Hall–Kier alpha value is -2.15. The molecule has 12 heteroatoms. The number of carbonyl (C=O) groups excluding carboxylic acids is 1. The summed E-state index contributed by atoms with van der Waals surface area (Å²) in [6, 6.07) is 4.34. The third-order valence-corrected chi connectivity index (χ3v) is 6.87. The summed E-state index contributed by atoms with van der Waals surface area (Å²) in [5, 5.41) is 16.5. The van der Waals surface area contributed by atoms with E-state index in [1.54, 1.807) is 27.8 Å². The number of ether oxygens (including phenoxy) is 1. The number of nitrogens with one attached hydrogen (secondary N) is 3. The number of sulfonamides is 1. The van der Waals surface area contributed by atoms with Crippen molar-refractivity contribution in [3.63, 3.8) is 0 Å².